The Hall–Kier alpha value is -3.14. The summed E-state index contributed by atoms with van der Waals surface area (Å²) in [6.07, 6.45) is 0.840. The van der Waals surface area contributed by atoms with Crippen LogP contribution < -0.4 is 21.9 Å². The van der Waals surface area contributed by atoms with E-state index in [-0.39, 0.29) is 34.9 Å². The first-order chi connectivity index (χ1) is 14.3. The van der Waals surface area contributed by atoms with Crippen LogP contribution in [0, 0.1) is 0 Å². The number of aromatic nitrogens is 3. The molecule has 10 heteroatoms. The van der Waals surface area contributed by atoms with Gasteiger partial charge in [0.05, 0.1) is 11.1 Å². The highest BCUT2D eigenvalue weighted by atomic mass is 19.4. The minimum atomic E-state index is -4.48. The highest BCUT2D eigenvalue weighted by Gasteiger charge is 2.30. The van der Waals surface area contributed by atoms with E-state index >= 15 is 0 Å². The maximum atomic E-state index is 13.1. The molecular formula is C20H21F3N6O. The number of aromatic amines is 1. The standard InChI is InChI=1S/C20H21F3N6O/c21-20(22,23)11-4-3-5-12(10-11)26-17-16-15(8-9-25-18(16)30)28-19(29-17)27-14-7-2-1-6-13(14)24/h3-5,8-10,13-14H,1-2,6-7,24H2,(H,25,30)(H2,26,27,28,29)/t13-,14+/m1/s1. The summed E-state index contributed by atoms with van der Waals surface area (Å²) >= 11 is 0. The van der Waals surface area contributed by atoms with Crippen LogP contribution in [0.4, 0.5) is 30.6 Å². The predicted molar refractivity (Wildman–Crippen MR) is 109 cm³/mol. The van der Waals surface area contributed by atoms with Crippen molar-refractivity contribution in [1.82, 2.24) is 15.0 Å². The van der Waals surface area contributed by atoms with Crippen LogP contribution in [0.15, 0.2) is 41.3 Å². The van der Waals surface area contributed by atoms with Gasteiger partial charge in [-0.3, -0.25) is 4.79 Å². The van der Waals surface area contributed by atoms with Crippen molar-refractivity contribution < 1.29 is 13.2 Å². The molecule has 1 aromatic carbocycles. The van der Waals surface area contributed by atoms with Crippen LogP contribution in [0.1, 0.15) is 31.2 Å². The number of halogens is 3. The number of pyridine rings is 1. The van der Waals surface area contributed by atoms with Gasteiger partial charge in [-0.1, -0.05) is 18.9 Å². The van der Waals surface area contributed by atoms with Crippen molar-refractivity contribution in [2.75, 3.05) is 10.6 Å². The normalized spacial score (nSPS) is 19.6. The summed E-state index contributed by atoms with van der Waals surface area (Å²) in [6.45, 7) is 0. The minimum Gasteiger partial charge on any atom is -0.350 e. The fraction of sp³-hybridized carbons (Fsp3) is 0.350. The first kappa shape index (κ1) is 20.1. The molecule has 0 bridgehead atoms. The third kappa shape index (κ3) is 4.23. The lowest BCUT2D eigenvalue weighted by Gasteiger charge is -2.29. The Morgan fingerprint density at radius 1 is 1.13 bits per heavy atom. The van der Waals surface area contributed by atoms with E-state index in [9.17, 15) is 18.0 Å². The highest BCUT2D eigenvalue weighted by Crippen LogP contribution is 2.32. The average molecular weight is 418 g/mol. The van der Waals surface area contributed by atoms with Gasteiger partial charge in [0.1, 0.15) is 11.2 Å². The van der Waals surface area contributed by atoms with Crippen LogP contribution in [0.3, 0.4) is 0 Å². The molecule has 7 nitrogen and oxygen atoms in total. The van der Waals surface area contributed by atoms with Crippen molar-refractivity contribution in [3.05, 3.63) is 52.4 Å². The Bertz CT molecular complexity index is 1110. The summed E-state index contributed by atoms with van der Waals surface area (Å²) in [5.41, 5.74) is 5.48. The van der Waals surface area contributed by atoms with Gasteiger partial charge in [-0.15, -0.1) is 0 Å². The number of hydrogen-bond acceptors (Lipinski definition) is 6. The first-order valence-corrected chi connectivity index (χ1v) is 9.67. The second-order valence-corrected chi connectivity index (χ2v) is 7.37. The highest BCUT2D eigenvalue weighted by molar-refractivity contribution is 5.90. The maximum absolute atomic E-state index is 13.1. The van der Waals surface area contributed by atoms with Gasteiger partial charge in [0.25, 0.3) is 5.56 Å². The second kappa shape index (κ2) is 7.94. The van der Waals surface area contributed by atoms with Crippen molar-refractivity contribution in [2.24, 2.45) is 5.73 Å². The van der Waals surface area contributed by atoms with Crippen molar-refractivity contribution >= 4 is 28.4 Å². The molecule has 0 radical (unpaired) electrons. The lowest BCUT2D eigenvalue weighted by molar-refractivity contribution is -0.137. The number of H-pyrrole nitrogens is 1. The van der Waals surface area contributed by atoms with E-state index < -0.39 is 17.3 Å². The number of benzene rings is 1. The van der Waals surface area contributed by atoms with E-state index in [4.69, 9.17) is 5.73 Å². The van der Waals surface area contributed by atoms with Crippen LogP contribution in [-0.2, 0) is 6.18 Å². The molecule has 4 rings (SSSR count). The summed E-state index contributed by atoms with van der Waals surface area (Å²) in [5.74, 6) is 0.387. The number of rotatable bonds is 4. The fourth-order valence-electron chi connectivity index (χ4n) is 3.66. The molecule has 1 saturated carbocycles. The molecule has 0 spiro atoms. The van der Waals surface area contributed by atoms with Crippen LogP contribution in [-0.4, -0.2) is 27.0 Å². The lowest BCUT2D eigenvalue weighted by Crippen LogP contribution is -2.43. The van der Waals surface area contributed by atoms with E-state index in [0.717, 1.165) is 37.8 Å². The summed E-state index contributed by atoms with van der Waals surface area (Å²) in [7, 11) is 0. The van der Waals surface area contributed by atoms with Crippen molar-refractivity contribution in [3.63, 3.8) is 0 Å². The number of nitrogens with zero attached hydrogens (tertiary/aromatic N) is 2. The van der Waals surface area contributed by atoms with Gasteiger partial charge in [0.15, 0.2) is 0 Å². The molecule has 3 aromatic rings. The molecule has 5 N–H and O–H groups in total. The molecule has 1 aliphatic carbocycles. The third-order valence-corrected chi connectivity index (χ3v) is 5.21. The van der Waals surface area contributed by atoms with Gasteiger partial charge in [-0.05, 0) is 37.1 Å². The van der Waals surface area contributed by atoms with Gasteiger partial charge in [-0.25, -0.2) is 4.98 Å². The smallest absolute Gasteiger partial charge is 0.350 e. The molecule has 0 aliphatic heterocycles. The average Bonchev–Trinajstić information content (AvgIpc) is 2.69. The molecule has 0 unspecified atom stereocenters. The maximum Gasteiger partial charge on any atom is 0.416 e. The minimum absolute atomic E-state index is 0.0143. The SMILES string of the molecule is N[C@@H]1CCCC[C@@H]1Nc1nc(Nc2cccc(C(F)(F)F)c2)c2c(=O)[nH]ccc2n1. The fourth-order valence-corrected chi connectivity index (χ4v) is 3.66. The predicted octanol–water partition coefficient (Wildman–Crippen LogP) is 3.76. The van der Waals surface area contributed by atoms with E-state index in [0.29, 0.717) is 5.52 Å². The Balaban J connectivity index is 1.73. The molecule has 158 valence electrons. The third-order valence-electron chi connectivity index (χ3n) is 5.21. The van der Waals surface area contributed by atoms with Crippen LogP contribution in [0.2, 0.25) is 0 Å². The van der Waals surface area contributed by atoms with Gasteiger partial charge < -0.3 is 21.4 Å². The van der Waals surface area contributed by atoms with Crippen LogP contribution >= 0.6 is 0 Å². The van der Waals surface area contributed by atoms with E-state index in [1.807, 2.05) is 0 Å². The molecule has 0 saturated heterocycles. The van der Waals surface area contributed by atoms with Crippen LogP contribution in [0.5, 0.6) is 0 Å². The number of anilines is 3. The number of nitrogens with one attached hydrogen (secondary N) is 3. The Kier molecular flexibility index (Phi) is 5.33. The van der Waals surface area contributed by atoms with E-state index in [2.05, 4.69) is 25.6 Å². The molecule has 1 fully saturated rings. The summed E-state index contributed by atoms with van der Waals surface area (Å²) in [4.78, 5) is 23.7. The van der Waals surface area contributed by atoms with Gasteiger partial charge in [0.2, 0.25) is 5.95 Å². The Morgan fingerprint density at radius 2 is 1.93 bits per heavy atom. The molecule has 1 aliphatic rings. The second-order valence-electron chi connectivity index (χ2n) is 7.37. The summed E-state index contributed by atoms with van der Waals surface area (Å²) < 4.78 is 39.2. The van der Waals surface area contributed by atoms with Crippen molar-refractivity contribution in [1.29, 1.82) is 0 Å². The quantitative estimate of drug-likeness (QED) is 0.514. The van der Waals surface area contributed by atoms with Gasteiger partial charge >= 0.3 is 6.18 Å². The largest absolute Gasteiger partial charge is 0.416 e. The van der Waals surface area contributed by atoms with E-state index in [1.54, 1.807) is 6.07 Å². The van der Waals surface area contributed by atoms with Gasteiger partial charge in [0, 0.05) is 24.0 Å². The summed E-state index contributed by atoms with van der Waals surface area (Å²) in [6, 6.07) is 6.27. The zero-order valence-corrected chi connectivity index (χ0v) is 16.0. The molecule has 2 heterocycles. The van der Waals surface area contributed by atoms with Crippen LogP contribution in [0.25, 0.3) is 10.9 Å². The number of hydrogen-bond donors (Lipinski definition) is 4. The zero-order chi connectivity index (χ0) is 21.3. The van der Waals surface area contributed by atoms with Crippen molar-refractivity contribution in [2.45, 2.75) is 43.9 Å². The first-order valence-electron chi connectivity index (χ1n) is 9.67. The topological polar surface area (TPSA) is 109 Å². The molecule has 2 atom stereocenters. The number of fused-ring (bicyclic) bond motifs is 1. The van der Waals surface area contributed by atoms with Gasteiger partial charge in [-0.2, -0.15) is 18.2 Å². The lowest BCUT2D eigenvalue weighted by atomic mass is 9.91. The molecular weight excluding hydrogens is 397 g/mol. The monoisotopic (exact) mass is 418 g/mol. The zero-order valence-electron chi connectivity index (χ0n) is 16.0. The molecule has 0 amide bonds. The number of alkyl halides is 3. The van der Waals surface area contributed by atoms with Crippen molar-refractivity contribution in [3.8, 4) is 0 Å². The van der Waals surface area contributed by atoms with E-state index in [1.165, 1.54) is 18.3 Å². The Morgan fingerprint density at radius 3 is 2.70 bits per heavy atom. The Labute approximate surface area is 169 Å². The number of nitrogens with two attached hydrogens (primary N) is 1. The molecule has 30 heavy (non-hydrogen) atoms. The molecule has 2 aromatic heterocycles. The summed E-state index contributed by atoms with van der Waals surface area (Å²) in [5, 5.41) is 6.23.